The van der Waals surface area contributed by atoms with Crippen LogP contribution in [0.3, 0.4) is 0 Å². The van der Waals surface area contributed by atoms with E-state index in [0.717, 1.165) is 34.2 Å². The first kappa shape index (κ1) is 23.5. The molecule has 0 unspecified atom stereocenters. The van der Waals surface area contributed by atoms with E-state index in [-0.39, 0.29) is 10.8 Å². The fourth-order valence-electron chi connectivity index (χ4n) is 3.60. The van der Waals surface area contributed by atoms with Crippen LogP contribution in [0.5, 0.6) is 0 Å². The number of benzene rings is 2. The van der Waals surface area contributed by atoms with Crippen molar-refractivity contribution in [1.29, 1.82) is 0 Å². The van der Waals surface area contributed by atoms with Gasteiger partial charge in [-0.3, -0.25) is 15.0 Å². The average Bonchev–Trinajstić information content (AvgIpc) is 2.73. The van der Waals surface area contributed by atoms with Crippen LogP contribution in [-0.4, -0.2) is 21.4 Å². The molecule has 0 aliphatic carbocycles. The lowest BCUT2D eigenvalue weighted by Gasteiger charge is -2.21. The number of para-hydroxylation sites is 2. The smallest absolute Gasteiger partial charge is 0.103 e. The van der Waals surface area contributed by atoms with Crippen molar-refractivity contribution in [3.05, 3.63) is 83.4 Å². The zero-order valence-electron chi connectivity index (χ0n) is 20.6. The van der Waals surface area contributed by atoms with E-state index < -0.39 is 0 Å². The Kier molecular flexibility index (Phi) is 6.73. The first-order valence-corrected chi connectivity index (χ1v) is 11.1. The Morgan fingerprint density at radius 1 is 0.625 bits per heavy atom. The maximum Gasteiger partial charge on any atom is 0.103 e. The highest BCUT2D eigenvalue weighted by Crippen LogP contribution is 2.32. The molecule has 32 heavy (non-hydrogen) atoms. The molecule has 3 aromatic rings. The van der Waals surface area contributed by atoms with Crippen LogP contribution in [0.15, 0.2) is 70.9 Å². The molecule has 0 saturated carbocycles. The first-order valence-electron chi connectivity index (χ1n) is 11.1. The van der Waals surface area contributed by atoms with Crippen LogP contribution in [0.2, 0.25) is 0 Å². The summed E-state index contributed by atoms with van der Waals surface area (Å²) in [6, 6.07) is 16.5. The molecular formula is C28H34N4. The van der Waals surface area contributed by atoms with E-state index in [2.05, 4.69) is 82.9 Å². The molecule has 0 N–H and O–H groups in total. The summed E-state index contributed by atoms with van der Waals surface area (Å²) in [7, 11) is 0. The van der Waals surface area contributed by atoms with Crippen molar-refractivity contribution in [2.45, 2.75) is 66.2 Å². The van der Waals surface area contributed by atoms with E-state index in [0.29, 0.717) is 0 Å². The maximum atomic E-state index is 4.90. The van der Waals surface area contributed by atoms with E-state index in [1.54, 1.807) is 12.4 Å². The molecule has 0 aliphatic rings. The van der Waals surface area contributed by atoms with E-state index in [1.165, 1.54) is 11.1 Å². The Bertz CT molecular complexity index is 1070. The topological polar surface area (TPSA) is 50.5 Å². The molecule has 1 aromatic heterocycles. The Hall–Kier alpha value is -3.14. The fraction of sp³-hybridized carbons (Fsp3) is 0.357. The average molecular weight is 427 g/mol. The van der Waals surface area contributed by atoms with Gasteiger partial charge >= 0.3 is 0 Å². The van der Waals surface area contributed by atoms with Crippen molar-refractivity contribution in [3.63, 3.8) is 0 Å². The van der Waals surface area contributed by atoms with Crippen LogP contribution in [0, 0.1) is 0 Å². The summed E-state index contributed by atoms with van der Waals surface area (Å²) in [5, 5.41) is 0. The van der Waals surface area contributed by atoms with Gasteiger partial charge in [-0.25, -0.2) is 4.98 Å². The molecule has 4 nitrogen and oxygen atoms in total. The standard InChI is InChI=1S/C28H34N4/c1-19(30-23-15-11-9-13-21(23)27(3,4)5)25-17-29-18-26(32-25)20(2)31-24-16-12-10-14-22(24)28(6,7)8/h9-18H,1-8H3. The van der Waals surface area contributed by atoms with Crippen molar-refractivity contribution in [3.8, 4) is 0 Å². The Labute approximate surface area is 192 Å². The van der Waals surface area contributed by atoms with Gasteiger partial charge in [0.05, 0.1) is 35.2 Å². The lowest BCUT2D eigenvalue weighted by molar-refractivity contribution is 0.591. The zero-order chi connectivity index (χ0) is 23.5. The molecule has 0 aliphatic heterocycles. The number of aliphatic imine (C=N–C) groups is 2. The van der Waals surface area contributed by atoms with Gasteiger partial charge in [0, 0.05) is 0 Å². The number of hydrogen-bond donors (Lipinski definition) is 0. The van der Waals surface area contributed by atoms with Crippen LogP contribution in [0.4, 0.5) is 11.4 Å². The van der Waals surface area contributed by atoms with Gasteiger partial charge in [-0.05, 0) is 47.9 Å². The van der Waals surface area contributed by atoms with E-state index in [4.69, 9.17) is 15.0 Å². The van der Waals surface area contributed by atoms with Crippen LogP contribution < -0.4 is 0 Å². The second-order valence-electron chi connectivity index (χ2n) is 10.2. The Balaban J connectivity index is 1.98. The lowest BCUT2D eigenvalue weighted by atomic mass is 9.86. The van der Waals surface area contributed by atoms with Crippen LogP contribution in [0.25, 0.3) is 0 Å². The van der Waals surface area contributed by atoms with Gasteiger partial charge in [0.1, 0.15) is 11.4 Å². The molecule has 166 valence electrons. The third kappa shape index (κ3) is 5.56. The Morgan fingerprint density at radius 3 is 1.38 bits per heavy atom. The minimum Gasteiger partial charge on any atom is -0.260 e. The highest BCUT2D eigenvalue weighted by Gasteiger charge is 2.19. The molecule has 0 atom stereocenters. The molecule has 0 saturated heterocycles. The highest BCUT2D eigenvalue weighted by atomic mass is 14.9. The molecule has 4 heteroatoms. The fourth-order valence-corrected chi connectivity index (χ4v) is 3.60. The van der Waals surface area contributed by atoms with Gasteiger partial charge in [0.15, 0.2) is 0 Å². The van der Waals surface area contributed by atoms with Gasteiger partial charge in [0.2, 0.25) is 0 Å². The van der Waals surface area contributed by atoms with Crippen molar-refractivity contribution < 1.29 is 0 Å². The van der Waals surface area contributed by atoms with E-state index in [1.807, 2.05) is 26.0 Å². The molecule has 0 bridgehead atoms. The highest BCUT2D eigenvalue weighted by molar-refractivity contribution is 6.02. The lowest BCUT2D eigenvalue weighted by Crippen LogP contribution is -2.12. The monoisotopic (exact) mass is 426 g/mol. The van der Waals surface area contributed by atoms with Crippen LogP contribution in [-0.2, 0) is 10.8 Å². The van der Waals surface area contributed by atoms with Crippen LogP contribution in [0.1, 0.15) is 77.9 Å². The third-order valence-electron chi connectivity index (χ3n) is 5.38. The molecule has 0 spiro atoms. The Morgan fingerprint density at radius 2 is 1.00 bits per heavy atom. The molecule has 0 radical (unpaired) electrons. The zero-order valence-corrected chi connectivity index (χ0v) is 20.6. The summed E-state index contributed by atoms with van der Waals surface area (Å²) in [6.45, 7) is 17.2. The molecule has 2 aromatic carbocycles. The number of aromatic nitrogens is 2. The van der Waals surface area contributed by atoms with E-state index >= 15 is 0 Å². The predicted octanol–water partition coefficient (Wildman–Crippen LogP) is 7.35. The van der Waals surface area contributed by atoms with Crippen molar-refractivity contribution >= 4 is 22.8 Å². The number of rotatable bonds is 4. The molecule has 0 amide bonds. The minimum absolute atomic E-state index is 0.0115. The quantitative estimate of drug-likeness (QED) is 0.409. The summed E-state index contributed by atoms with van der Waals surface area (Å²) < 4.78 is 0. The molecular weight excluding hydrogens is 392 g/mol. The summed E-state index contributed by atoms with van der Waals surface area (Å²) in [4.78, 5) is 19.1. The second kappa shape index (κ2) is 9.15. The minimum atomic E-state index is 0.0115. The van der Waals surface area contributed by atoms with Gasteiger partial charge < -0.3 is 0 Å². The predicted molar refractivity (Wildman–Crippen MR) is 136 cm³/mol. The van der Waals surface area contributed by atoms with E-state index in [9.17, 15) is 0 Å². The summed E-state index contributed by atoms with van der Waals surface area (Å²) in [5.74, 6) is 0. The van der Waals surface area contributed by atoms with Crippen molar-refractivity contribution in [2.24, 2.45) is 9.98 Å². The summed E-state index contributed by atoms with van der Waals surface area (Å²) in [6.07, 6.45) is 3.52. The largest absolute Gasteiger partial charge is 0.260 e. The summed E-state index contributed by atoms with van der Waals surface area (Å²) >= 11 is 0. The molecule has 1 heterocycles. The first-order chi connectivity index (χ1) is 15.0. The van der Waals surface area contributed by atoms with Crippen LogP contribution >= 0.6 is 0 Å². The molecule has 0 fully saturated rings. The van der Waals surface area contributed by atoms with Gasteiger partial charge in [-0.2, -0.15) is 0 Å². The SMILES string of the molecule is CC(=Nc1ccccc1C(C)(C)C)c1cncc(C(C)=Nc2ccccc2C(C)(C)C)n1. The normalized spacial score (nSPS) is 13.4. The van der Waals surface area contributed by atoms with Gasteiger partial charge in [0.25, 0.3) is 0 Å². The van der Waals surface area contributed by atoms with Gasteiger partial charge in [-0.1, -0.05) is 77.9 Å². The van der Waals surface area contributed by atoms with Crippen molar-refractivity contribution in [2.75, 3.05) is 0 Å². The van der Waals surface area contributed by atoms with Gasteiger partial charge in [-0.15, -0.1) is 0 Å². The number of nitrogens with zero attached hydrogens (tertiary/aromatic N) is 4. The second-order valence-corrected chi connectivity index (χ2v) is 10.2. The summed E-state index contributed by atoms with van der Waals surface area (Å²) in [5.41, 5.74) is 7.55. The third-order valence-corrected chi connectivity index (χ3v) is 5.38. The number of hydrogen-bond acceptors (Lipinski definition) is 4. The molecule has 3 rings (SSSR count). The van der Waals surface area contributed by atoms with Crippen molar-refractivity contribution in [1.82, 2.24) is 9.97 Å². The maximum absolute atomic E-state index is 4.90.